The average molecular weight is 456 g/mol. The molecule has 0 unspecified atom stereocenters. The largest absolute Gasteiger partial charge is 0.416 e. The van der Waals surface area contributed by atoms with E-state index in [0.717, 1.165) is 51.4 Å². The Balaban J connectivity index is 1.51. The minimum absolute atomic E-state index is 0.000104. The van der Waals surface area contributed by atoms with Crippen LogP contribution in [0, 0.1) is 11.3 Å². The Morgan fingerprint density at radius 3 is 2.53 bits per heavy atom. The minimum Gasteiger partial charge on any atom is -0.381 e. The standard InChI is InChI=1S/C23H32F3N3O3/c1-15(2)22(6-3-18(13-22)27-17-4-9-32-10-5-17)21(31)28-7-8-29-19(14-28)11-16(12-20(29)30)23(24,25)26/h11-12,15,17-18,27H,3-10,13-14H2,1-2H3/t18-,22+/m1/s1. The number of ether oxygens (including phenoxy) is 1. The summed E-state index contributed by atoms with van der Waals surface area (Å²) >= 11 is 0. The number of aromatic nitrogens is 1. The second-order valence-corrected chi connectivity index (χ2v) is 9.75. The van der Waals surface area contributed by atoms with Crippen LogP contribution in [0.3, 0.4) is 0 Å². The molecule has 32 heavy (non-hydrogen) atoms. The van der Waals surface area contributed by atoms with Crippen LogP contribution in [0.15, 0.2) is 16.9 Å². The van der Waals surface area contributed by atoms with Gasteiger partial charge < -0.3 is 19.5 Å². The Kier molecular flexibility index (Phi) is 6.42. The van der Waals surface area contributed by atoms with E-state index in [0.29, 0.717) is 18.7 Å². The smallest absolute Gasteiger partial charge is 0.381 e. The number of halogens is 3. The molecule has 1 aromatic heterocycles. The molecular formula is C23H32F3N3O3. The summed E-state index contributed by atoms with van der Waals surface area (Å²) in [6.45, 7) is 6.21. The first-order chi connectivity index (χ1) is 15.1. The predicted molar refractivity (Wildman–Crippen MR) is 113 cm³/mol. The van der Waals surface area contributed by atoms with Gasteiger partial charge in [0, 0.05) is 50.1 Å². The minimum atomic E-state index is -4.59. The van der Waals surface area contributed by atoms with Crippen molar-refractivity contribution >= 4 is 5.91 Å². The van der Waals surface area contributed by atoms with Gasteiger partial charge in [-0.25, -0.2) is 0 Å². The monoisotopic (exact) mass is 455 g/mol. The number of amides is 1. The van der Waals surface area contributed by atoms with Crippen LogP contribution in [0.2, 0.25) is 0 Å². The van der Waals surface area contributed by atoms with Crippen LogP contribution < -0.4 is 10.9 Å². The summed E-state index contributed by atoms with van der Waals surface area (Å²) in [4.78, 5) is 27.6. The number of alkyl halides is 3. The van der Waals surface area contributed by atoms with E-state index < -0.39 is 22.7 Å². The molecule has 1 aliphatic carbocycles. The number of fused-ring (bicyclic) bond motifs is 1. The van der Waals surface area contributed by atoms with E-state index in [4.69, 9.17) is 4.74 Å². The van der Waals surface area contributed by atoms with Gasteiger partial charge in [-0.3, -0.25) is 9.59 Å². The highest BCUT2D eigenvalue weighted by molar-refractivity contribution is 5.83. The zero-order valence-electron chi connectivity index (χ0n) is 18.7. The molecule has 2 atom stereocenters. The first kappa shape index (κ1) is 23.3. The number of hydrogen-bond donors (Lipinski definition) is 1. The Morgan fingerprint density at radius 2 is 1.88 bits per heavy atom. The number of nitrogens with zero attached hydrogens (tertiary/aromatic N) is 2. The maximum atomic E-state index is 13.7. The summed E-state index contributed by atoms with van der Waals surface area (Å²) in [6.07, 6.45) is -0.252. The summed E-state index contributed by atoms with van der Waals surface area (Å²) in [5, 5.41) is 3.71. The zero-order valence-corrected chi connectivity index (χ0v) is 18.7. The average Bonchev–Trinajstić information content (AvgIpc) is 3.18. The zero-order chi connectivity index (χ0) is 23.1. The van der Waals surface area contributed by atoms with Gasteiger partial charge in [0.15, 0.2) is 0 Å². The molecular weight excluding hydrogens is 423 g/mol. The van der Waals surface area contributed by atoms with Crippen LogP contribution >= 0.6 is 0 Å². The lowest BCUT2D eigenvalue weighted by molar-refractivity contribution is -0.146. The third-order valence-corrected chi connectivity index (χ3v) is 7.55. The topological polar surface area (TPSA) is 63.6 Å². The van der Waals surface area contributed by atoms with Crippen molar-refractivity contribution in [2.24, 2.45) is 11.3 Å². The van der Waals surface area contributed by atoms with Crippen molar-refractivity contribution in [3.63, 3.8) is 0 Å². The van der Waals surface area contributed by atoms with Crippen LogP contribution in [0.5, 0.6) is 0 Å². The molecule has 9 heteroatoms. The molecule has 3 heterocycles. The van der Waals surface area contributed by atoms with Crippen molar-refractivity contribution in [1.82, 2.24) is 14.8 Å². The van der Waals surface area contributed by atoms with Crippen LogP contribution in [-0.2, 0) is 28.8 Å². The van der Waals surface area contributed by atoms with Crippen molar-refractivity contribution in [2.75, 3.05) is 19.8 Å². The summed E-state index contributed by atoms with van der Waals surface area (Å²) < 4.78 is 46.4. The molecule has 4 rings (SSSR count). The van der Waals surface area contributed by atoms with E-state index in [2.05, 4.69) is 19.2 Å². The van der Waals surface area contributed by atoms with Gasteiger partial charge in [-0.15, -0.1) is 0 Å². The SMILES string of the molecule is CC(C)[C@]1(C(=O)N2CCn3c(cc(C(F)(F)F)cc3=O)C2)CC[C@@H](NC2CCOCC2)C1. The molecule has 1 saturated carbocycles. The number of pyridine rings is 1. The maximum absolute atomic E-state index is 13.7. The normalized spacial score (nSPS) is 27.1. The van der Waals surface area contributed by atoms with E-state index in [1.807, 2.05) is 0 Å². The quantitative estimate of drug-likeness (QED) is 0.758. The summed E-state index contributed by atoms with van der Waals surface area (Å²) in [5.41, 5.74) is -1.91. The van der Waals surface area contributed by atoms with Gasteiger partial charge in [-0.2, -0.15) is 13.2 Å². The fourth-order valence-corrected chi connectivity index (χ4v) is 5.56. The third kappa shape index (κ3) is 4.46. The number of hydrogen-bond acceptors (Lipinski definition) is 4. The lowest BCUT2D eigenvalue weighted by atomic mass is 9.74. The van der Waals surface area contributed by atoms with Crippen LogP contribution in [-0.4, -0.2) is 47.2 Å². The molecule has 1 saturated heterocycles. The predicted octanol–water partition coefficient (Wildman–Crippen LogP) is 3.17. The van der Waals surface area contributed by atoms with Crippen LogP contribution in [0.1, 0.15) is 57.2 Å². The van der Waals surface area contributed by atoms with E-state index in [1.165, 1.54) is 4.57 Å². The second kappa shape index (κ2) is 8.82. The molecule has 1 aromatic rings. The lowest BCUT2D eigenvalue weighted by Crippen LogP contribution is -2.50. The molecule has 1 N–H and O–H groups in total. The summed E-state index contributed by atoms with van der Waals surface area (Å²) in [7, 11) is 0. The first-order valence-electron chi connectivity index (χ1n) is 11.5. The van der Waals surface area contributed by atoms with Gasteiger partial charge in [0.25, 0.3) is 5.56 Å². The second-order valence-electron chi connectivity index (χ2n) is 9.75. The van der Waals surface area contributed by atoms with Crippen molar-refractivity contribution in [2.45, 2.75) is 77.3 Å². The van der Waals surface area contributed by atoms with E-state index in [1.54, 1.807) is 4.90 Å². The summed E-state index contributed by atoms with van der Waals surface area (Å²) in [6, 6.07) is 2.30. The molecule has 0 radical (unpaired) electrons. The van der Waals surface area contributed by atoms with Crippen molar-refractivity contribution in [1.29, 1.82) is 0 Å². The Hall–Kier alpha value is -1.87. The van der Waals surface area contributed by atoms with Crippen LogP contribution in [0.25, 0.3) is 0 Å². The fourth-order valence-electron chi connectivity index (χ4n) is 5.56. The molecule has 0 bridgehead atoms. The van der Waals surface area contributed by atoms with Crippen molar-refractivity contribution in [3.05, 3.63) is 33.7 Å². The van der Waals surface area contributed by atoms with E-state index in [-0.39, 0.29) is 36.7 Å². The van der Waals surface area contributed by atoms with Crippen molar-refractivity contribution < 1.29 is 22.7 Å². The maximum Gasteiger partial charge on any atom is 0.416 e. The third-order valence-electron chi connectivity index (χ3n) is 7.55. The van der Waals surface area contributed by atoms with E-state index >= 15 is 0 Å². The number of rotatable bonds is 4. The van der Waals surface area contributed by atoms with Crippen LogP contribution in [0.4, 0.5) is 13.2 Å². The van der Waals surface area contributed by atoms with Gasteiger partial charge in [0.05, 0.1) is 17.5 Å². The molecule has 0 aromatic carbocycles. The molecule has 3 aliphatic rings. The van der Waals surface area contributed by atoms with Gasteiger partial charge in [-0.05, 0) is 44.1 Å². The molecule has 6 nitrogen and oxygen atoms in total. The van der Waals surface area contributed by atoms with E-state index in [9.17, 15) is 22.8 Å². The Labute approximate surface area is 186 Å². The van der Waals surface area contributed by atoms with Gasteiger partial charge >= 0.3 is 6.18 Å². The molecule has 0 spiro atoms. The molecule has 2 fully saturated rings. The first-order valence-corrected chi connectivity index (χ1v) is 11.5. The summed E-state index contributed by atoms with van der Waals surface area (Å²) in [5.74, 6) is 0.113. The Morgan fingerprint density at radius 1 is 1.16 bits per heavy atom. The number of nitrogens with one attached hydrogen (secondary N) is 1. The highest BCUT2D eigenvalue weighted by Crippen LogP contribution is 2.46. The number of carbonyl (C=O) groups is 1. The molecule has 1 amide bonds. The van der Waals surface area contributed by atoms with Crippen molar-refractivity contribution in [3.8, 4) is 0 Å². The fraction of sp³-hybridized carbons (Fsp3) is 0.739. The number of carbonyl (C=O) groups excluding carboxylic acids is 1. The van der Waals surface area contributed by atoms with Gasteiger partial charge in [0.1, 0.15) is 0 Å². The molecule has 2 aliphatic heterocycles. The highest BCUT2D eigenvalue weighted by atomic mass is 19.4. The lowest BCUT2D eigenvalue weighted by Gasteiger charge is -2.40. The van der Waals surface area contributed by atoms with Gasteiger partial charge in [0.2, 0.25) is 5.91 Å². The Bertz CT molecular complexity index is 908. The van der Waals surface area contributed by atoms with Gasteiger partial charge in [-0.1, -0.05) is 13.8 Å². The highest BCUT2D eigenvalue weighted by Gasteiger charge is 2.50. The molecule has 178 valence electrons.